The summed E-state index contributed by atoms with van der Waals surface area (Å²) in [5.41, 5.74) is 12.9. The van der Waals surface area contributed by atoms with E-state index >= 15 is 0 Å². The molecule has 2 aliphatic rings. The molecule has 1 atom stereocenters. The molecule has 0 amide bonds. The minimum absolute atomic E-state index is 0.170. The van der Waals surface area contributed by atoms with Crippen LogP contribution in [0.25, 0.3) is 11.1 Å². The van der Waals surface area contributed by atoms with Crippen LogP contribution >= 0.6 is 0 Å². The molecule has 214 valence electrons. The maximum atomic E-state index is 12.2. The van der Waals surface area contributed by atoms with Crippen LogP contribution in [0.15, 0.2) is 71.8 Å². The van der Waals surface area contributed by atoms with Gasteiger partial charge in [0.1, 0.15) is 0 Å². The van der Waals surface area contributed by atoms with Gasteiger partial charge in [0.2, 0.25) is 0 Å². The van der Waals surface area contributed by atoms with Crippen LogP contribution in [-0.2, 0) is 41.5 Å². The summed E-state index contributed by atoms with van der Waals surface area (Å²) in [5.74, 6) is 0.348. The standard InChI is InChI=1S/C21H25.C11H17.C7H5F.Zr/c1-20(2,3)16-9-7-14-11-15-8-10-17(21(4,5)6)13-19(15)18(14)12-16;1-8-6-9(2)10(7-8)11(3,4)5;1-6-2-4-7(8)5-3-6;/h7,9-10,12-13H,11H2,1-6H3;7-8H,1-5H3;1-5H;/q2*-1;;+2. The van der Waals surface area contributed by atoms with Crippen molar-refractivity contribution in [3.63, 3.8) is 0 Å². The van der Waals surface area contributed by atoms with Gasteiger partial charge in [0.05, 0.1) is 0 Å². The summed E-state index contributed by atoms with van der Waals surface area (Å²) in [4.78, 5) is 0. The molecule has 0 spiro atoms. The molecule has 0 bridgehead atoms. The average Bonchev–Trinajstić information content (AvgIpc) is 3.42. The SMILES string of the molecule is CC(C)(C)c1c[c-]c2c(c1)-c1cc(C(C)(C)C)ccc1C2.CC1=[C-]C(C)C=C1C(C)(C)C.Fc1ccc([CH]=[Zr+2])cc1. The normalized spacial score (nSPS) is 15.9. The van der Waals surface area contributed by atoms with Crippen LogP contribution in [0.4, 0.5) is 4.39 Å². The Bertz CT molecular complexity index is 1370. The predicted molar refractivity (Wildman–Crippen MR) is 172 cm³/mol. The zero-order valence-corrected chi connectivity index (χ0v) is 29.5. The Morgan fingerprint density at radius 2 is 1.39 bits per heavy atom. The van der Waals surface area contributed by atoms with Crippen molar-refractivity contribution >= 4 is 3.71 Å². The van der Waals surface area contributed by atoms with Gasteiger partial charge in [-0.1, -0.05) is 122 Å². The van der Waals surface area contributed by atoms with Gasteiger partial charge in [-0.05, 0) is 17.4 Å². The summed E-state index contributed by atoms with van der Waals surface area (Å²) in [7, 11) is 0. The number of benzene rings is 3. The van der Waals surface area contributed by atoms with Gasteiger partial charge >= 0.3 is 68.0 Å². The van der Waals surface area contributed by atoms with Gasteiger partial charge in [0.25, 0.3) is 0 Å². The molecular formula is C39H47FZr. The van der Waals surface area contributed by atoms with E-state index < -0.39 is 0 Å². The van der Waals surface area contributed by atoms with E-state index in [4.69, 9.17) is 0 Å². The summed E-state index contributed by atoms with van der Waals surface area (Å²) >= 11 is 1.34. The monoisotopic (exact) mass is 624 g/mol. The van der Waals surface area contributed by atoms with E-state index in [-0.39, 0.29) is 16.6 Å². The third-order valence-electron chi connectivity index (χ3n) is 7.64. The number of halogens is 1. The van der Waals surface area contributed by atoms with Crippen LogP contribution in [0.3, 0.4) is 0 Å². The predicted octanol–water partition coefficient (Wildman–Crippen LogP) is 10.5. The van der Waals surface area contributed by atoms with E-state index in [9.17, 15) is 4.39 Å². The fourth-order valence-corrected chi connectivity index (χ4v) is 5.67. The van der Waals surface area contributed by atoms with E-state index in [1.807, 2.05) is 3.71 Å². The summed E-state index contributed by atoms with van der Waals surface area (Å²) in [5, 5.41) is 0. The fraction of sp³-hybridized carbons (Fsp3) is 0.410. The van der Waals surface area contributed by atoms with Gasteiger partial charge in [-0.25, -0.2) is 5.57 Å². The number of rotatable bonds is 1. The Hall–Kier alpha value is -2.18. The zero-order valence-electron chi connectivity index (χ0n) is 27.0. The van der Waals surface area contributed by atoms with Gasteiger partial charge in [-0.2, -0.15) is 41.0 Å². The van der Waals surface area contributed by atoms with Crippen molar-refractivity contribution in [1.29, 1.82) is 0 Å². The van der Waals surface area contributed by atoms with Crippen molar-refractivity contribution in [2.75, 3.05) is 0 Å². The fourth-order valence-electron chi connectivity index (χ4n) is 5.19. The molecule has 0 saturated heterocycles. The molecule has 0 aromatic heterocycles. The number of allylic oxidation sites excluding steroid dienone is 4. The van der Waals surface area contributed by atoms with Crippen LogP contribution in [-0.4, -0.2) is 3.71 Å². The molecule has 3 aromatic rings. The molecule has 0 nitrogen and oxygen atoms in total. The molecule has 1 unspecified atom stereocenters. The van der Waals surface area contributed by atoms with E-state index in [0.717, 1.165) is 12.0 Å². The Balaban J connectivity index is 0.000000193. The van der Waals surface area contributed by atoms with Crippen molar-refractivity contribution < 1.29 is 28.6 Å². The maximum absolute atomic E-state index is 12.2. The summed E-state index contributed by atoms with van der Waals surface area (Å²) < 4.78 is 14.2. The molecule has 2 aliphatic carbocycles. The Morgan fingerprint density at radius 1 is 0.805 bits per heavy atom. The van der Waals surface area contributed by atoms with Gasteiger partial charge < -0.3 is 0 Å². The average molecular weight is 626 g/mol. The van der Waals surface area contributed by atoms with Crippen LogP contribution in [0, 0.1) is 29.3 Å². The molecule has 3 aromatic carbocycles. The van der Waals surface area contributed by atoms with E-state index in [1.165, 1.54) is 80.9 Å². The van der Waals surface area contributed by atoms with Crippen molar-refractivity contribution in [3.05, 3.63) is 118 Å². The molecule has 0 N–H and O–H groups in total. The van der Waals surface area contributed by atoms with Crippen LogP contribution < -0.4 is 0 Å². The number of hydrogen-bond donors (Lipinski definition) is 0. The molecule has 5 rings (SSSR count). The second-order valence-corrected chi connectivity index (χ2v) is 15.1. The van der Waals surface area contributed by atoms with Gasteiger partial charge in [-0.3, -0.25) is 6.08 Å². The third-order valence-corrected chi connectivity index (χ3v) is 8.46. The van der Waals surface area contributed by atoms with Crippen LogP contribution in [0.2, 0.25) is 0 Å². The van der Waals surface area contributed by atoms with Gasteiger partial charge in [0.15, 0.2) is 0 Å². The molecule has 0 fully saturated rings. The Morgan fingerprint density at radius 3 is 1.85 bits per heavy atom. The first-order valence-corrected chi connectivity index (χ1v) is 16.1. The van der Waals surface area contributed by atoms with Gasteiger partial charge in [-0.15, -0.1) is 5.56 Å². The quantitative estimate of drug-likeness (QED) is 0.185. The van der Waals surface area contributed by atoms with Crippen molar-refractivity contribution in [3.8, 4) is 11.1 Å². The topological polar surface area (TPSA) is 0 Å². The molecule has 0 heterocycles. The summed E-state index contributed by atoms with van der Waals surface area (Å²) in [6.45, 7) is 24.7. The first-order valence-electron chi connectivity index (χ1n) is 14.7. The first kappa shape index (κ1) is 33.3. The first-order chi connectivity index (χ1) is 18.9. The molecule has 0 aliphatic heterocycles. The van der Waals surface area contributed by atoms with Crippen molar-refractivity contribution in [2.45, 2.75) is 93.4 Å². The Labute approximate surface area is 264 Å². The second-order valence-electron chi connectivity index (χ2n) is 14.4. The summed E-state index contributed by atoms with van der Waals surface area (Å²) in [6.07, 6.45) is 6.74. The zero-order chi connectivity index (χ0) is 30.8. The van der Waals surface area contributed by atoms with E-state index in [0.29, 0.717) is 11.3 Å². The molecule has 41 heavy (non-hydrogen) atoms. The third kappa shape index (κ3) is 8.91. The van der Waals surface area contributed by atoms with Crippen molar-refractivity contribution in [1.82, 2.24) is 0 Å². The second kappa shape index (κ2) is 13.0. The Kier molecular flexibility index (Phi) is 10.6. The van der Waals surface area contributed by atoms with Gasteiger partial charge in [0, 0.05) is 0 Å². The molecular weight excluding hydrogens is 579 g/mol. The van der Waals surface area contributed by atoms with Crippen LogP contribution in [0.5, 0.6) is 0 Å². The number of fused-ring (bicyclic) bond motifs is 3. The number of hydrogen-bond acceptors (Lipinski definition) is 0. The van der Waals surface area contributed by atoms with Crippen molar-refractivity contribution in [2.24, 2.45) is 11.3 Å². The molecule has 0 saturated carbocycles. The molecule has 2 heteroatoms. The van der Waals surface area contributed by atoms with Crippen LogP contribution in [0.1, 0.15) is 104 Å². The van der Waals surface area contributed by atoms with E-state index in [1.54, 1.807) is 12.1 Å². The minimum atomic E-state index is -0.170. The molecule has 0 radical (unpaired) electrons. The van der Waals surface area contributed by atoms with E-state index in [2.05, 4.69) is 125 Å². The summed E-state index contributed by atoms with van der Waals surface area (Å²) in [6, 6.07) is 21.5.